The van der Waals surface area contributed by atoms with Gasteiger partial charge in [0, 0.05) is 105 Å². The van der Waals surface area contributed by atoms with Gasteiger partial charge in [0.1, 0.15) is 0 Å². The average Bonchev–Trinajstić information content (AvgIpc) is 1.16. The molecule has 18 aromatic rings. The number of rotatable bonds is 9. The summed E-state index contributed by atoms with van der Waals surface area (Å²) in [5.74, 6) is 0. The van der Waals surface area contributed by atoms with Gasteiger partial charge in [0.15, 0.2) is 0 Å². The van der Waals surface area contributed by atoms with Crippen molar-refractivity contribution in [1.82, 2.24) is 0 Å². The van der Waals surface area contributed by atoms with Crippen molar-refractivity contribution in [2.75, 3.05) is 19.6 Å². The van der Waals surface area contributed by atoms with Crippen molar-refractivity contribution in [2.24, 2.45) is 0 Å². The molecule has 3 aliphatic carbocycles. The van der Waals surface area contributed by atoms with Crippen molar-refractivity contribution in [3.63, 3.8) is 0 Å². The number of hydrogen-bond acceptors (Lipinski definition) is 5. The van der Waals surface area contributed by atoms with E-state index in [0.29, 0.717) is 0 Å². The molecule has 0 N–H and O–H groups in total. The van der Waals surface area contributed by atoms with E-state index in [4.69, 9.17) is 0 Å². The van der Waals surface area contributed by atoms with Crippen LogP contribution in [0, 0.1) is 0 Å². The summed E-state index contributed by atoms with van der Waals surface area (Å²) >= 11 is 1.87. The summed E-state index contributed by atoms with van der Waals surface area (Å²) in [6.07, 6.45) is 0.804. The molecule has 0 spiro atoms. The van der Waals surface area contributed by atoms with Crippen LogP contribution in [0.15, 0.2) is 370 Å². The Morgan fingerprint density at radius 1 is 0.237 bits per heavy atom. The van der Waals surface area contributed by atoms with Gasteiger partial charge in [0.25, 0.3) is 13.4 Å². The zero-order valence-electron chi connectivity index (χ0n) is 66.3. The van der Waals surface area contributed by atoms with Gasteiger partial charge in [-0.1, -0.05) is 277 Å². The van der Waals surface area contributed by atoms with E-state index in [9.17, 15) is 0 Å². The summed E-state index contributed by atoms with van der Waals surface area (Å²) in [5, 5.41) is 2.60. The normalized spacial score (nSPS) is 15.8. The smallest absolute Gasteiger partial charge is 0.252 e. The Hall–Kier alpha value is -13.7. The summed E-state index contributed by atoms with van der Waals surface area (Å²) in [4.78, 5) is 10.1. The molecule has 7 aliphatic rings. The Balaban J connectivity index is 0.584. The Bertz CT molecular complexity index is 7340. The number of thiophene rings is 1. The van der Waals surface area contributed by atoms with E-state index < -0.39 is 0 Å². The highest BCUT2D eigenvalue weighted by atomic mass is 32.1. The van der Waals surface area contributed by atoms with Crippen LogP contribution in [-0.2, 0) is 22.7 Å². The predicted molar refractivity (Wildman–Crippen MR) is 501 cm³/mol. The third kappa shape index (κ3) is 9.56. The summed E-state index contributed by atoms with van der Waals surface area (Å²) < 4.78 is 2.62. The zero-order chi connectivity index (χ0) is 78.2. The molecule has 0 radical (unpaired) electrons. The van der Waals surface area contributed by atoms with Crippen molar-refractivity contribution in [1.29, 1.82) is 0 Å². The minimum atomic E-state index is -0.371. The quantitative estimate of drug-likeness (QED) is 0.134. The van der Waals surface area contributed by atoms with Gasteiger partial charge in [0.05, 0.1) is 0 Å². The summed E-state index contributed by atoms with van der Waals surface area (Å²) in [6, 6.07) is 142. The third-order valence-electron chi connectivity index (χ3n) is 27.9. The fourth-order valence-electron chi connectivity index (χ4n) is 22.4. The molecule has 118 heavy (non-hydrogen) atoms. The van der Waals surface area contributed by atoms with Crippen molar-refractivity contribution in [2.45, 2.75) is 57.3 Å². The van der Waals surface area contributed by atoms with Gasteiger partial charge in [-0.05, 0) is 272 Å². The van der Waals surface area contributed by atoms with Gasteiger partial charge < -0.3 is 19.6 Å². The molecule has 5 heterocycles. The van der Waals surface area contributed by atoms with Gasteiger partial charge in [-0.2, -0.15) is 0 Å². The molecule has 1 atom stereocenters. The third-order valence-corrected chi connectivity index (χ3v) is 29.1. The van der Waals surface area contributed by atoms with E-state index in [1.54, 1.807) is 0 Å². The maximum atomic E-state index is 2.60. The first kappa shape index (κ1) is 67.6. The number of hydrogen-bond donors (Lipinski definition) is 0. The fraction of sp³-hybridized carbons (Fsp3) is 0.0811. The Labute approximate surface area is 693 Å². The first-order valence-corrected chi connectivity index (χ1v) is 42.5. The van der Waals surface area contributed by atoms with Gasteiger partial charge in [0.2, 0.25) is 0 Å². The van der Waals surface area contributed by atoms with Crippen LogP contribution in [0.2, 0.25) is 0 Å². The van der Waals surface area contributed by atoms with E-state index in [2.05, 4.69) is 424 Å². The molecule has 0 bridgehead atoms. The molecule has 17 aromatic carbocycles. The van der Waals surface area contributed by atoms with Crippen molar-refractivity contribution < 1.29 is 0 Å². The van der Waals surface area contributed by atoms with Gasteiger partial charge >= 0.3 is 0 Å². The predicted octanol–water partition coefficient (Wildman–Crippen LogP) is 25.4. The van der Waals surface area contributed by atoms with Crippen molar-refractivity contribution in [3.8, 4) is 66.8 Å². The SMILES string of the molecule is CC1(C)c2ccccc2-c2ccc(-c3ccc(N4c5ccccc5B5c6cc(CC7(C)c8ccccc8-c8ccc(-c9ccc(N%10c%11ccccc%11B%11c%12ccccc%12N(c%12ccc%13sc%14ccccc%14c%13c%12)c%12cccc%10c%12%11)cc9)cc87)ccc6N(c6ccc(-c7ccc8c(c7)C(C)(C)c7ccccc7-8)cc6)c6cccc4c65)cc3)cc21. The summed E-state index contributed by atoms with van der Waals surface area (Å²) in [7, 11) is 0. The van der Waals surface area contributed by atoms with Crippen LogP contribution in [0.4, 0.5) is 68.2 Å². The molecular formula is C111H78B2N4S. The maximum Gasteiger partial charge on any atom is 0.252 e. The standard InChI is InChI=1S/C111H78B2N4S/c1-109(2)87-26-10-6-22-79(87)82-57-47-72(63-90(82)109)69-41-50-76(51-42-69)115-98-33-17-15-31-95(98)113-96-62-68(40-60-100(96)116(103-37-20-36-102(115)108(103)113)77-54-43-70(44-55-77)73-48-58-83-80-23-7-11-27-88(80)110(3,4)91(83)64-73)67-111(5)89-28-12-8-24-81(89)84-59-49-74(65-92(84)111)71-45-52-75(53-46-71)114-97-32-16-13-29-93(97)112-94-30-14-18-34-99(94)117(104-38-21-35-101(114)107(104)112)78-56-61-106-86(66-78)85-25-9-19-39-105(85)118-106/h6-66H,67H2,1-5H3. The van der Waals surface area contributed by atoms with Crippen LogP contribution in [0.5, 0.6) is 0 Å². The highest BCUT2D eigenvalue weighted by Gasteiger charge is 2.47. The number of anilines is 12. The number of benzene rings is 17. The van der Waals surface area contributed by atoms with E-state index in [1.807, 2.05) is 11.3 Å². The van der Waals surface area contributed by atoms with E-state index in [-0.39, 0.29) is 29.7 Å². The monoisotopic (exact) mass is 1520 g/mol. The van der Waals surface area contributed by atoms with Crippen LogP contribution < -0.4 is 52.4 Å². The molecule has 1 unspecified atom stereocenters. The average molecular weight is 1520 g/mol. The molecule has 1 aromatic heterocycles. The highest BCUT2D eigenvalue weighted by molar-refractivity contribution is 7.25. The lowest BCUT2D eigenvalue weighted by Crippen LogP contribution is -2.61. The molecule has 4 aliphatic heterocycles. The topological polar surface area (TPSA) is 13.0 Å². The highest BCUT2D eigenvalue weighted by Crippen LogP contribution is 2.56. The molecule has 7 heteroatoms. The number of para-hydroxylation sites is 3. The molecule has 0 fully saturated rings. The number of fused-ring (bicyclic) bond motifs is 20. The van der Waals surface area contributed by atoms with E-state index in [1.165, 1.54) is 210 Å². The lowest BCUT2D eigenvalue weighted by molar-refractivity contribution is 0.583. The van der Waals surface area contributed by atoms with Crippen molar-refractivity contribution >= 4 is 146 Å². The largest absolute Gasteiger partial charge is 0.311 e. The Morgan fingerprint density at radius 3 is 1.08 bits per heavy atom. The van der Waals surface area contributed by atoms with Crippen LogP contribution >= 0.6 is 11.3 Å². The molecule has 554 valence electrons. The summed E-state index contributed by atoms with van der Waals surface area (Å²) in [5.41, 5.74) is 46.4. The van der Waals surface area contributed by atoms with E-state index >= 15 is 0 Å². The van der Waals surface area contributed by atoms with Crippen molar-refractivity contribution in [3.05, 3.63) is 409 Å². The molecule has 0 saturated carbocycles. The minimum absolute atomic E-state index is 0.0556. The summed E-state index contributed by atoms with van der Waals surface area (Å²) in [6.45, 7) is 12.0. The van der Waals surface area contributed by atoms with Gasteiger partial charge in [-0.15, -0.1) is 11.3 Å². The molecule has 4 nitrogen and oxygen atoms in total. The first-order valence-electron chi connectivity index (χ1n) is 41.7. The molecular weight excluding hydrogens is 1440 g/mol. The van der Waals surface area contributed by atoms with Crippen LogP contribution in [0.3, 0.4) is 0 Å². The molecule has 25 rings (SSSR count). The van der Waals surface area contributed by atoms with Gasteiger partial charge in [-0.3, -0.25) is 0 Å². The molecule has 0 amide bonds. The van der Waals surface area contributed by atoms with Gasteiger partial charge in [-0.25, -0.2) is 0 Å². The Morgan fingerprint density at radius 2 is 0.585 bits per heavy atom. The minimum Gasteiger partial charge on any atom is -0.311 e. The van der Waals surface area contributed by atoms with E-state index in [0.717, 1.165) is 23.5 Å². The van der Waals surface area contributed by atoms with Crippen LogP contribution in [-0.4, -0.2) is 13.4 Å². The van der Waals surface area contributed by atoms with Crippen LogP contribution in [0.1, 0.15) is 73.6 Å². The zero-order valence-corrected chi connectivity index (χ0v) is 67.1. The Kier molecular flexibility index (Phi) is 14.3. The van der Waals surface area contributed by atoms with Crippen LogP contribution in [0.25, 0.3) is 86.9 Å². The maximum absolute atomic E-state index is 2.60. The first-order chi connectivity index (χ1) is 57.9. The lowest BCUT2D eigenvalue weighted by atomic mass is 9.33. The second-order valence-electron chi connectivity index (χ2n) is 34.8. The lowest BCUT2D eigenvalue weighted by Gasteiger charge is -2.44. The number of nitrogens with zero attached hydrogens (tertiary/aromatic N) is 4. The second kappa shape index (κ2) is 24.9. The second-order valence-corrected chi connectivity index (χ2v) is 35.9. The fourth-order valence-corrected chi connectivity index (χ4v) is 23.5. The molecule has 0 saturated heterocycles.